The number of nitro groups is 1. The molecule has 0 radical (unpaired) electrons. The Morgan fingerprint density at radius 1 is 1.50 bits per heavy atom. The molecule has 0 saturated carbocycles. The minimum atomic E-state index is -0.801. The van der Waals surface area contributed by atoms with Gasteiger partial charge in [-0.25, -0.2) is 4.79 Å². The van der Waals surface area contributed by atoms with Crippen LogP contribution >= 0.6 is 23.2 Å². The van der Waals surface area contributed by atoms with Crippen LogP contribution in [0.25, 0.3) is 0 Å². The Hall–Kier alpha value is -1.53. The number of benzene rings is 1. The Morgan fingerprint density at radius 2 is 2.12 bits per heavy atom. The summed E-state index contributed by atoms with van der Waals surface area (Å²) in [5, 5.41) is 13.1. The van der Waals surface area contributed by atoms with E-state index in [1.165, 1.54) is 12.1 Å². The first-order valence-electron chi connectivity index (χ1n) is 4.08. The van der Waals surface area contributed by atoms with Gasteiger partial charge < -0.3 is 11.1 Å². The van der Waals surface area contributed by atoms with Crippen molar-refractivity contribution >= 4 is 34.9 Å². The Bertz CT molecular complexity index is 450. The molecule has 1 aromatic rings. The lowest BCUT2D eigenvalue weighted by atomic mass is 10.2. The Kier molecular flexibility index (Phi) is 3.92. The zero-order valence-electron chi connectivity index (χ0n) is 7.87. The monoisotopic (exact) mass is 263 g/mol. The fourth-order valence-corrected chi connectivity index (χ4v) is 1.50. The largest absolute Gasteiger partial charge is 0.352 e. The van der Waals surface area contributed by atoms with Crippen molar-refractivity contribution in [1.82, 2.24) is 5.32 Å². The van der Waals surface area contributed by atoms with E-state index in [0.717, 1.165) is 0 Å². The first-order chi connectivity index (χ1) is 7.43. The van der Waals surface area contributed by atoms with Gasteiger partial charge in [-0.05, 0) is 6.07 Å². The van der Waals surface area contributed by atoms with Crippen LogP contribution in [0.5, 0.6) is 0 Å². The van der Waals surface area contributed by atoms with E-state index in [1.54, 1.807) is 0 Å². The first-order valence-corrected chi connectivity index (χ1v) is 4.83. The second kappa shape index (κ2) is 5.00. The summed E-state index contributed by atoms with van der Waals surface area (Å²) in [7, 11) is 0. The molecule has 8 heteroatoms. The number of amides is 2. The maximum absolute atomic E-state index is 10.7. The average Bonchev–Trinajstić information content (AvgIpc) is 2.19. The average molecular weight is 264 g/mol. The topological polar surface area (TPSA) is 98.3 Å². The predicted octanol–water partition coefficient (Wildman–Crippen LogP) is 2.07. The van der Waals surface area contributed by atoms with Crippen molar-refractivity contribution in [1.29, 1.82) is 0 Å². The third kappa shape index (κ3) is 2.74. The van der Waals surface area contributed by atoms with Gasteiger partial charge in [0.05, 0.1) is 27.1 Å². The minimum Gasteiger partial charge on any atom is -0.352 e. The molecule has 0 fully saturated rings. The van der Waals surface area contributed by atoms with Crippen molar-refractivity contribution in [3.8, 4) is 0 Å². The molecule has 0 atom stereocenters. The second-order valence-electron chi connectivity index (χ2n) is 2.83. The van der Waals surface area contributed by atoms with Crippen LogP contribution in [-0.2, 0) is 6.54 Å². The number of nitrogens with one attached hydrogen (secondary N) is 1. The number of nitrogens with zero attached hydrogens (tertiary/aromatic N) is 1. The molecule has 3 N–H and O–H groups in total. The van der Waals surface area contributed by atoms with Gasteiger partial charge in [-0.2, -0.15) is 0 Å². The quantitative estimate of drug-likeness (QED) is 0.645. The molecule has 0 saturated heterocycles. The molecule has 0 aliphatic rings. The summed E-state index contributed by atoms with van der Waals surface area (Å²) < 4.78 is 0. The molecule has 1 aromatic carbocycles. The van der Waals surface area contributed by atoms with Crippen LogP contribution in [0.15, 0.2) is 12.1 Å². The molecule has 0 unspecified atom stereocenters. The van der Waals surface area contributed by atoms with E-state index in [1.807, 2.05) is 0 Å². The van der Waals surface area contributed by atoms with Gasteiger partial charge in [0.15, 0.2) is 0 Å². The van der Waals surface area contributed by atoms with E-state index in [2.05, 4.69) is 5.32 Å². The highest BCUT2D eigenvalue weighted by Gasteiger charge is 2.19. The van der Waals surface area contributed by atoms with Crippen LogP contribution in [0.4, 0.5) is 10.5 Å². The van der Waals surface area contributed by atoms with Crippen molar-refractivity contribution in [3.05, 3.63) is 37.9 Å². The molecule has 2 amide bonds. The van der Waals surface area contributed by atoms with Crippen LogP contribution in [0.2, 0.25) is 10.0 Å². The SMILES string of the molecule is NC(=O)NCc1c([N+](=O)[O-])ccc(Cl)c1Cl. The molecule has 0 heterocycles. The summed E-state index contributed by atoms with van der Waals surface area (Å²) in [5.74, 6) is 0. The van der Waals surface area contributed by atoms with Gasteiger partial charge in [0.2, 0.25) is 0 Å². The maximum Gasteiger partial charge on any atom is 0.312 e. The van der Waals surface area contributed by atoms with Crippen LogP contribution < -0.4 is 11.1 Å². The van der Waals surface area contributed by atoms with Crippen LogP contribution in [-0.4, -0.2) is 11.0 Å². The zero-order chi connectivity index (χ0) is 12.3. The number of nitro benzene ring substituents is 1. The smallest absolute Gasteiger partial charge is 0.312 e. The van der Waals surface area contributed by atoms with Gasteiger partial charge in [0.25, 0.3) is 5.69 Å². The number of hydrogen-bond donors (Lipinski definition) is 2. The van der Waals surface area contributed by atoms with E-state index in [9.17, 15) is 14.9 Å². The Balaban J connectivity index is 3.15. The number of carbonyl (C=O) groups excluding carboxylic acids is 1. The summed E-state index contributed by atoms with van der Waals surface area (Å²) in [6.45, 7) is -0.148. The van der Waals surface area contributed by atoms with Crippen molar-refractivity contribution < 1.29 is 9.72 Å². The summed E-state index contributed by atoms with van der Waals surface area (Å²) in [4.78, 5) is 20.6. The van der Waals surface area contributed by atoms with Crippen LogP contribution in [0.1, 0.15) is 5.56 Å². The lowest BCUT2D eigenvalue weighted by Crippen LogP contribution is -2.29. The fourth-order valence-electron chi connectivity index (χ4n) is 1.10. The van der Waals surface area contributed by atoms with Crippen LogP contribution in [0.3, 0.4) is 0 Å². The van der Waals surface area contributed by atoms with Gasteiger partial charge in [0.1, 0.15) is 0 Å². The number of primary amides is 1. The van der Waals surface area contributed by atoms with Crippen molar-refractivity contribution in [2.75, 3.05) is 0 Å². The van der Waals surface area contributed by atoms with Crippen molar-refractivity contribution in [2.24, 2.45) is 5.73 Å². The molecule has 0 aliphatic carbocycles. The number of halogens is 2. The van der Waals surface area contributed by atoms with E-state index in [0.29, 0.717) is 0 Å². The Morgan fingerprint density at radius 3 is 2.62 bits per heavy atom. The molecular formula is C8H7Cl2N3O3. The standard InChI is InChI=1S/C8H7Cl2N3O3/c9-5-1-2-6(13(15)16)4(7(5)10)3-12-8(11)14/h1-2H,3H2,(H3,11,12,14). The van der Waals surface area contributed by atoms with Gasteiger partial charge in [-0.1, -0.05) is 23.2 Å². The molecular weight excluding hydrogens is 257 g/mol. The van der Waals surface area contributed by atoms with Gasteiger partial charge >= 0.3 is 6.03 Å². The number of urea groups is 1. The minimum absolute atomic E-state index is 0.0321. The molecule has 16 heavy (non-hydrogen) atoms. The highest BCUT2D eigenvalue weighted by atomic mass is 35.5. The van der Waals surface area contributed by atoms with Crippen molar-refractivity contribution in [2.45, 2.75) is 6.54 Å². The molecule has 0 aliphatic heterocycles. The van der Waals surface area contributed by atoms with Gasteiger partial charge in [-0.15, -0.1) is 0 Å². The zero-order valence-corrected chi connectivity index (χ0v) is 9.38. The molecule has 1 rings (SSSR count). The number of rotatable bonds is 3. The third-order valence-corrected chi connectivity index (χ3v) is 2.65. The predicted molar refractivity (Wildman–Crippen MR) is 59.5 cm³/mol. The summed E-state index contributed by atoms with van der Waals surface area (Å²) in [5.41, 5.74) is 4.76. The fraction of sp³-hybridized carbons (Fsp3) is 0.125. The molecule has 0 bridgehead atoms. The third-order valence-electron chi connectivity index (χ3n) is 1.81. The van der Waals surface area contributed by atoms with E-state index < -0.39 is 11.0 Å². The highest BCUT2D eigenvalue weighted by molar-refractivity contribution is 6.42. The summed E-state index contributed by atoms with van der Waals surface area (Å²) in [6.07, 6.45) is 0. The van der Waals surface area contributed by atoms with E-state index in [-0.39, 0.29) is 27.8 Å². The molecule has 6 nitrogen and oxygen atoms in total. The van der Waals surface area contributed by atoms with Gasteiger partial charge in [-0.3, -0.25) is 10.1 Å². The summed E-state index contributed by atoms with van der Waals surface area (Å²) in [6, 6.07) is 1.73. The Labute approximate surface area is 100 Å². The van der Waals surface area contributed by atoms with Gasteiger partial charge in [0, 0.05) is 6.07 Å². The highest BCUT2D eigenvalue weighted by Crippen LogP contribution is 2.32. The molecule has 86 valence electrons. The molecule has 0 spiro atoms. The number of carbonyl (C=O) groups is 1. The number of nitrogens with two attached hydrogens (primary N) is 1. The van der Waals surface area contributed by atoms with Crippen LogP contribution in [0, 0.1) is 10.1 Å². The van der Waals surface area contributed by atoms with E-state index in [4.69, 9.17) is 28.9 Å². The maximum atomic E-state index is 10.7. The lowest BCUT2D eigenvalue weighted by Gasteiger charge is -2.06. The number of hydrogen-bond acceptors (Lipinski definition) is 3. The lowest BCUT2D eigenvalue weighted by molar-refractivity contribution is -0.385. The van der Waals surface area contributed by atoms with Crippen molar-refractivity contribution in [3.63, 3.8) is 0 Å². The normalized spacial score (nSPS) is 9.88. The molecule has 0 aromatic heterocycles. The van der Waals surface area contributed by atoms with E-state index >= 15 is 0 Å². The second-order valence-corrected chi connectivity index (χ2v) is 3.62. The first kappa shape index (κ1) is 12.5. The summed E-state index contributed by atoms with van der Waals surface area (Å²) >= 11 is 11.5.